The summed E-state index contributed by atoms with van der Waals surface area (Å²) in [6.45, 7) is 0. The lowest BCUT2D eigenvalue weighted by Gasteiger charge is -2.17. The molecule has 19 heavy (non-hydrogen) atoms. The third kappa shape index (κ3) is 2.80. The fourth-order valence-corrected chi connectivity index (χ4v) is 2.58. The lowest BCUT2D eigenvalue weighted by Crippen LogP contribution is -2.38. The van der Waals surface area contributed by atoms with Gasteiger partial charge in [-0.15, -0.1) is 0 Å². The van der Waals surface area contributed by atoms with Gasteiger partial charge in [-0.1, -0.05) is 0 Å². The number of furan rings is 1. The maximum atomic E-state index is 12.2. The predicted molar refractivity (Wildman–Crippen MR) is 66.8 cm³/mol. The standard InChI is InChI=1S/C14H17NO4/c16-12(17)7-11-10(5-6-19-11)14(18)15-13(8-1-2-8)9-3-4-9/h5-6,8-9,13H,1-4,7H2,(H,15,18)(H,16,17). The van der Waals surface area contributed by atoms with Gasteiger partial charge in [-0.25, -0.2) is 0 Å². The van der Waals surface area contributed by atoms with Gasteiger partial charge in [-0.05, 0) is 43.6 Å². The molecule has 0 bridgehead atoms. The smallest absolute Gasteiger partial charge is 0.311 e. The van der Waals surface area contributed by atoms with Gasteiger partial charge in [-0.3, -0.25) is 9.59 Å². The summed E-state index contributed by atoms with van der Waals surface area (Å²) < 4.78 is 5.09. The van der Waals surface area contributed by atoms with Crippen LogP contribution in [-0.4, -0.2) is 23.0 Å². The average molecular weight is 263 g/mol. The van der Waals surface area contributed by atoms with Gasteiger partial charge in [0.15, 0.2) is 0 Å². The molecule has 1 amide bonds. The lowest BCUT2D eigenvalue weighted by molar-refractivity contribution is -0.136. The maximum Gasteiger partial charge on any atom is 0.311 e. The minimum Gasteiger partial charge on any atom is -0.481 e. The van der Waals surface area contributed by atoms with E-state index in [1.807, 2.05) is 0 Å². The summed E-state index contributed by atoms with van der Waals surface area (Å²) in [5, 5.41) is 11.8. The summed E-state index contributed by atoms with van der Waals surface area (Å²) in [5.41, 5.74) is 0.355. The molecular weight excluding hydrogens is 246 g/mol. The molecule has 1 aromatic heterocycles. The van der Waals surface area contributed by atoms with Crippen LogP contribution in [0.25, 0.3) is 0 Å². The van der Waals surface area contributed by atoms with Gasteiger partial charge in [0.1, 0.15) is 12.2 Å². The van der Waals surface area contributed by atoms with Crippen molar-refractivity contribution < 1.29 is 19.1 Å². The van der Waals surface area contributed by atoms with Gasteiger partial charge in [0.25, 0.3) is 5.91 Å². The minimum atomic E-state index is -0.995. The van der Waals surface area contributed by atoms with Crippen LogP contribution in [0.3, 0.4) is 0 Å². The zero-order chi connectivity index (χ0) is 13.4. The van der Waals surface area contributed by atoms with E-state index in [0.717, 1.165) is 0 Å². The highest BCUT2D eigenvalue weighted by Crippen LogP contribution is 2.44. The second-order valence-corrected chi connectivity index (χ2v) is 5.50. The minimum absolute atomic E-state index is 0.200. The van der Waals surface area contributed by atoms with Crippen LogP contribution in [0.1, 0.15) is 41.8 Å². The zero-order valence-corrected chi connectivity index (χ0v) is 10.6. The van der Waals surface area contributed by atoms with Crippen molar-refractivity contribution in [3.63, 3.8) is 0 Å². The van der Waals surface area contributed by atoms with Gasteiger partial charge in [-0.2, -0.15) is 0 Å². The molecule has 2 saturated carbocycles. The molecule has 2 aliphatic rings. The Bertz CT molecular complexity index is 487. The average Bonchev–Trinajstić information content (AvgIpc) is 3.25. The van der Waals surface area contributed by atoms with Crippen LogP contribution in [0, 0.1) is 11.8 Å². The summed E-state index contributed by atoms with van der Waals surface area (Å²) >= 11 is 0. The van der Waals surface area contributed by atoms with Crippen molar-refractivity contribution in [1.29, 1.82) is 0 Å². The first-order valence-electron chi connectivity index (χ1n) is 6.74. The Kier molecular flexibility index (Phi) is 3.05. The van der Waals surface area contributed by atoms with E-state index in [0.29, 0.717) is 17.4 Å². The van der Waals surface area contributed by atoms with Crippen LogP contribution < -0.4 is 5.32 Å². The fourth-order valence-electron chi connectivity index (χ4n) is 2.58. The molecule has 1 heterocycles. The monoisotopic (exact) mass is 263 g/mol. The number of carboxylic acids is 1. The molecule has 1 aromatic rings. The molecule has 2 fully saturated rings. The third-order valence-corrected chi connectivity index (χ3v) is 3.86. The predicted octanol–water partition coefficient (Wildman–Crippen LogP) is 1.83. The molecule has 0 atom stereocenters. The number of carbonyl (C=O) groups excluding carboxylic acids is 1. The Labute approximate surface area is 111 Å². The van der Waals surface area contributed by atoms with Gasteiger partial charge >= 0.3 is 5.97 Å². The van der Waals surface area contributed by atoms with Crippen molar-refractivity contribution in [2.45, 2.75) is 38.1 Å². The third-order valence-electron chi connectivity index (χ3n) is 3.86. The molecule has 0 spiro atoms. The summed E-state index contributed by atoms with van der Waals surface area (Å²) in [6.07, 6.45) is 5.87. The Morgan fingerprint density at radius 2 is 1.95 bits per heavy atom. The van der Waals surface area contributed by atoms with Crippen molar-refractivity contribution in [3.05, 3.63) is 23.7 Å². The van der Waals surface area contributed by atoms with E-state index in [2.05, 4.69) is 5.32 Å². The van der Waals surface area contributed by atoms with Crippen molar-refractivity contribution in [2.75, 3.05) is 0 Å². The summed E-state index contributed by atoms with van der Waals surface area (Å²) in [5.74, 6) is 0.270. The second kappa shape index (κ2) is 4.72. The Morgan fingerprint density at radius 1 is 1.32 bits per heavy atom. The fraction of sp³-hybridized carbons (Fsp3) is 0.571. The van der Waals surface area contributed by atoms with Crippen LogP contribution in [0.5, 0.6) is 0 Å². The van der Waals surface area contributed by atoms with E-state index >= 15 is 0 Å². The highest BCUT2D eigenvalue weighted by Gasteiger charge is 2.42. The summed E-state index contributed by atoms with van der Waals surface area (Å²) in [6, 6.07) is 1.81. The first-order chi connectivity index (χ1) is 9.15. The number of aliphatic carboxylic acids is 1. The van der Waals surface area contributed by atoms with Gasteiger partial charge < -0.3 is 14.8 Å². The number of carbonyl (C=O) groups is 2. The first-order valence-corrected chi connectivity index (χ1v) is 6.74. The van der Waals surface area contributed by atoms with Crippen LogP contribution in [-0.2, 0) is 11.2 Å². The number of amides is 1. The molecule has 5 heteroatoms. The van der Waals surface area contributed by atoms with Crippen molar-refractivity contribution in [2.24, 2.45) is 11.8 Å². The quantitative estimate of drug-likeness (QED) is 0.820. The normalized spacial score (nSPS) is 18.6. The van der Waals surface area contributed by atoms with Gasteiger partial charge in [0, 0.05) is 6.04 Å². The van der Waals surface area contributed by atoms with E-state index in [9.17, 15) is 9.59 Å². The summed E-state index contributed by atoms with van der Waals surface area (Å²) in [7, 11) is 0. The molecule has 0 aromatic carbocycles. The number of hydrogen-bond donors (Lipinski definition) is 2. The maximum absolute atomic E-state index is 12.2. The van der Waals surface area contributed by atoms with Crippen LogP contribution in [0.2, 0.25) is 0 Å². The zero-order valence-electron chi connectivity index (χ0n) is 10.6. The van der Waals surface area contributed by atoms with E-state index in [1.54, 1.807) is 6.07 Å². The Morgan fingerprint density at radius 3 is 2.47 bits per heavy atom. The highest BCUT2D eigenvalue weighted by molar-refractivity contribution is 5.96. The van der Waals surface area contributed by atoms with Crippen molar-refractivity contribution >= 4 is 11.9 Å². The van der Waals surface area contributed by atoms with E-state index in [-0.39, 0.29) is 24.1 Å². The summed E-state index contributed by atoms with van der Waals surface area (Å²) in [4.78, 5) is 22.9. The van der Waals surface area contributed by atoms with Crippen molar-refractivity contribution in [3.8, 4) is 0 Å². The Balaban J connectivity index is 1.69. The van der Waals surface area contributed by atoms with Gasteiger partial charge in [0.2, 0.25) is 0 Å². The van der Waals surface area contributed by atoms with Crippen molar-refractivity contribution in [1.82, 2.24) is 5.32 Å². The first kappa shape index (κ1) is 12.3. The van der Waals surface area contributed by atoms with E-state index < -0.39 is 5.97 Å². The van der Waals surface area contributed by atoms with Crippen LogP contribution in [0.15, 0.2) is 16.7 Å². The second-order valence-electron chi connectivity index (χ2n) is 5.50. The number of nitrogens with one attached hydrogen (secondary N) is 1. The molecule has 0 radical (unpaired) electrons. The molecule has 2 N–H and O–H groups in total. The van der Waals surface area contributed by atoms with E-state index in [4.69, 9.17) is 9.52 Å². The number of carboxylic acid groups (broad SMARTS) is 1. The molecule has 0 unspecified atom stereocenters. The highest BCUT2D eigenvalue weighted by atomic mass is 16.4. The molecular formula is C14H17NO4. The topological polar surface area (TPSA) is 79.5 Å². The molecule has 0 aliphatic heterocycles. The SMILES string of the molecule is O=C(O)Cc1occc1C(=O)NC(C1CC1)C1CC1. The van der Waals surface area contributed by atoms with Gasteiger partial charge in [0.05, 0.1) is 11.8 Å². The van der Waals surface area contributed by atoms with E-state index in [1.165, 1.54) is 31.9 Å². The number of rotatable bonds is 6. The molecule has 5 nitrogen and oxygen atoms in total. The molecule has 3 rings (SSSR count). The van der Waals surface area contributed by atoms with Crippen LogP contribution in [0.4, 0.5) is 0 Å². The Hall–Kier alpha value is -1.78. The molecule has 102 valence electrons. The molecule has 0 saturated heterocycles. The number of hydrogen-bond acceptors (Lipinski definition) is 3. The van der Waals surface area contributed by atoms with Crippen LogP contribution >= 0.6 is 0 Å². The molecule has 2 aliphatic carbocycles. The lowest BCUT2D eigenvalue weighted by atomic mass is 10.1. The largest absolute Gasteiger partial charge is 0.481 e.